The number of hydrogen-bond acceptors (Lipinski definition) is 3. The first-order chi connectivity index (χ1) is 7.84. The lowest BCUT2D eigenvalue weighted by Crippen LogP contribution is -2.60. The molecular weight excluding hydrogens is 204 g/mol. The number of rotatable bonds is 1. The summed E-state index contributed by atoms with van der Waals surface area (Å²) in [6.45, 7) is 0. The maximum atomic E-state index is 5.95. The van der Waals surface area contributed by atoms with Gasteiger partial charge in [-0.05, 0) is 0 Å². The second-order valence-corrected chi connectivity index (χ2v) is 4.85. The average molecular weight is 218 g/mol. The molecule has 0 aromatic heterocycles. The van der Waals surface area contributed by atoms with Gasteiger partial charge in [0.15, 0.2) is 0 Å². The Morgan fingerprint density at radius 2 is 1.31 bits per heavy atom. The summed E-state index contributed by atoms with van der Waals surface area (Å²) >= 11 is 0. The van der Waals surface area contributed by atoms with E-state index in [4.69, 9.17) is 14.2 Å². The molecule has 3 heterocycles. The molecule has 4 bridgehead atoms. The summed E-state index contributed by atoms with van der Waals surface area (Å²) in [4.78, 5) is 0. The van der Waals surface area contributed by atoms with Crippen molar-refractivity contribution in [2.45, 2.75) is 43.5 Å². The Balaban J connectivity index is 1.77. The fraction of sp³-hybridized carbons (Fsp3) is 0.538. The van der Waals surface area contributed by atoms with E-state index in [1.165, 1.54) is 0 Å². The Hall–Kier alpha value is -0.900. The minimum atomic E-state index is -0.907. The monoisotopic (exact) mass is 218 g/mol. The topological polar surface area (TPSA) is 27.7 Å². The molecule has 4 fully saturated rings. The number of benzene rings is 1. The van der Waals surface area contributed by atoms with Crippen LogP contribution in [0.15, 0.2) is 30.3 Å². The van der Waals surface area contributed by atoms with E-state index in [-0.39, 0.29) is 0 Å². The quantitative estimate of drug-likeness (QED) is 0.723. The Kier molecular flexibility index (Phi) is 1.76. The van der Waals surface area contributed by atoms with E-state index in [1.807, 2.05) is 30.3 Å². The minimum Gasteiger partial charge on any atom is -0.320 e. The van der Waals surface area contributed by atoms with Crippen molar-refractivity contribution < 1.29 is 14.2 Å². The van der Waals surface area contributed by atoms with Gasteiger partial charge >= 0.3 is 5.97 Å². The molecule has 1 aromatic rings. The standard InChI is InChI=1S/C13H14O3/c1-2-4-9(5-3-1)13-14-10-6-11(15-13)8-12(7-10)16-13/h1-5,10-12H,6-8H2. The van der Waals surface area contributed by atoms with Crippen molar-refractivity contribution in [3.05, 3.63) is 35.9 Å². The second-order valence-electron chi connectivity index (χ2n) is 4.85. The molecule has 3 aliphatic heterocycles. The van der Waals surface area contributed by atoms with Gasteiger partial charge < -0.3 is 14.2 Å². The summed E-state index contributed by atoms with van der Waals surface area (Å²) in [6, 6.07) is 9.98. The molecule has 0 unspecified atom stereocenters. The maximum absolute atomic E-state index is 5.95. The molecule has 16 heavy (non-hydrogen) atoms. The number of ether oxygens (including phenoxy) is 3. The molecule has 4 aliphatic rings. The first-order valence-electron chi connectivity index (χ1n) is 5.93. The van der Waals surface area contributed by atoms with Gasteiger partial charge in [0.25, 0.3) is 0 Å². The Morgan fingerprint density at radius 1 is 0.812 bits per heavy atom. The van der Waals surface area contributed by atoms with Crippen molar-refractivity contribution in [2.24, 2.45) is 0 Å². The van der Waals surface area contributed by atoms with Crippen molar-refractivity contribution in [1.82, 2.24) is 0 Å². The molecule has 1 aromatic carbocycles. The van der Waals surface area contributed by atoms with Crippen LogP contribution >= 0.6 is 0 Å². The van der Waals surface area contributed by atoms with Gasteiger partial charge in [-0.15, -0.1) is 0 Å². The van der Waals surface area contributed by atoms with Crippen LogP contribution in [-0.2, 0) is 20.2 Å². The van der Waals surface area contributed by atoms with Gasteiger partial charge in [-0.2, -0.15) is 0 Å². The molecule has 1 aliphatic carbocycles. The average Bonchev–Trinajstić information content (AvgIpc) is 2.28. The molecule has 5 rings (SSSR count). The summed E-state index contributed by atoms with van der Waals surface area (Å²) in [5.74, 6) is -0.907. The summed E-state index contributed by atoms with van der Waals surface area (Å²) in [7, 11) is 0. The highest BCUT2D eigenvalue weighted by atomic mass is 16.9. The van der Waals surface area contributed by atoms with E-state index >= 15 is 0 Å². The van der Waals surface area contributed by atoms with Crippen LogP contribution in [0.2, 0.25) is 0 Å². The molecule has 3 heteroatoms. The van der Waals surface area contributed by atoms with Crippen LogP contribution in [0.25, 0.3) is 0 Å². The van der Waals surface area contributed by atoms with Gasteiger partial charge in [0.2, 0.25) is 0 Å². The number of hydrogen-bond donors (Lipinski definition) is 0. The third-order valence-corrected chi connectivity index (χ3v) is 3.67. The van der Waals surface area contributed by atoms with Crippen LogP contribution in [-0.4, -0.2) is 18.3 Å². The molecule has 3 nitrogen and oxygen atoms in total. The van der Waals surface area contributed by atoms with E-state index in [0.717, 1.165) is 24.8 Å². The third kappa shape index (κ3) is 1.19. The first kappa shape index (κ1) is 9.16. The summed E-state index contributed by atoms with van der Waals surface area (Å²) in [6.07, 6.45) is 4.00. The highest BCUT2D eigenvalue weighted by Crippen LogP contribution is 2.49. The zero-order valence-electron chi connectivity index (χ0n) is 8.96. The molecular formula is C13H14O3. The highest BCUT2D eigenvalue weighted by molar-refractivity contribution is 5.20. The van der Waals surface area contributed by atoms with Crippen LogP contribution in [0.4, 0.5) is 0 Å². The molecule has 0 radical (unpaired) electrons. The fourth-order valence-electron chi connectivity index (χ4n) is 3.04. The molecule has 0 amide bonds. The lowest BCUT2D eigenvalue weighted by Gasteiger charge is -2.55. The van der Waals surface area contributed by atoms with Crippen LogP contribution < -0.4 is 0 Å². The predicted octanol–water partition coefficient (Wildman–Crippen LogP) is 2.16. The Morgan fingerprint density at radius 3 is 1.81 bits per heavy atom. The van der Waals surface area contributed by atoms with E-state index in [0.29, 0.717) is 18.3 Å². The lowest BCUT2D eigenvalue weighted by molar-refractivity contribution is -0.505. The van der Waals surface area contributed by atoms with Gasteiger partial charge in [0, 0.05) is 24.8 Å². The van der Waals surface area contributed by atoms with Crippen molar-refractivity contribution >= 4 is 0 Å². The van der Waals surface area contributed by atoms with Gasteiger partial charge in [0.1, 0.15) is 0 Å². The van der Waals surface area contributed by atoms with E-state index in [1.54, 1.807) is 0 Å². The van der Waals surface area contributed by atoms with Crippen LogP contribution in [0, 0.1) is 0 Å². The molecule has 0 N–H and O–H groups in total. The molecule has 0 atom stereocenters. The van der Waals surface area contributed by atoms with Crippen molar-refractivity contribution in [3.8, 4) is 0 Å². The normalized spacial score (nSPS) is 44.9. The highest BCUT2D eigenvalue weighted by Gasteiger charge is 2.55. The first-order valence-corrected chi connectivity index (χ1v) is 5.93. The molecule has 3 saturated heterocycles. The van der Waals surface area contributed by atoms with Gasteiger partial charge in [-0.25, -0.2) is 0 Å². The molecule has 1 saturated carbocycles. The summed E-state index contributed by atoms with van der Waals surface area (Å²) in [5, 5.41) is 0. The van der Waals surface area contributed by atoms with Crippen LogP contribution in [0.5, 0.6) is 0 Å². The zero-order chi connectivity index (χ0) is 10.6. The molecule has 84 valence electrons. The summed E-state index contributed by atoms with van der Waals surface area (Å²) < 4.78 is 17.9. The SMILES string of the molecule is c1ccc(C23OC4CC(CC(C4)O2)O3)cc1. The second kappa shape index (κ2) is 3.06. The van der Waals surface area contributed by atoms with Gasteiger partial charge in [-0.3, -0.25) is 0 Å². The zero-order valence-corrected chi connectivity index (χ0v) is 8.96. The fourth-order valence-corrected chi connectivity index (χ4v) is 3.04. The van der Waals surface area contributed by atoms with Crippen molar-refractivity contribution in [2.75, 3.05) is 0 Å². The van der Waals surface area contributed by atoms with E-state index in [2.05, 4.69) is 0 Å². The van der Waals surface area contributed by atoms with Gasteiger partial charge in [0.05, 0.1) is 18.3 Å². The largest absolute Gasteiger partial charge is 0.320 e. The van der Waals surface area contributed by atoms with Crippen LogP contribution in [0.1, 0.15) is 24.8 Å². The maximum Gasteiger partial charge on any atom is 0.312 e. The minimum absolute atomic E-state index is 0.312. The van der Waals surface area contributed by atoms with Crippen molar-refractivity contribution in [1.29, 1.82) is 0 Å². The summed E-state index contributed by atoms with van der Waals surface area (Å²) in [5.41, 5.74) is 0.981. The Labute approximate surface area is 94.3 Å². The van der Waals surface area contributed by atoms with E-state index in [9.17, 15) is 0 Å². The van der Waals surface area contributed by atoms with Gasteiger partial charge in [-0.1, -0.05) is 30.3 Å². The van der Waals surface area contributed by atoms with Crippen LogP contribution in [0.3, 0.4) is 0 Å². The smallest absolute Gasteiger partial charge is 0.312 e. The van der Waals surface area contributed by atoms with E-state index < -0.39 is 5.97 Å². The third-order valence-electron chi connectivity index (χ3n) is 3.67. The molecule has 0 spiro atoms. The van der Waals surface area contributed by atoms with Crippen molar-refractivity contribution in [3.63, 3.8) is 0 Å². The predicted molar refractivity (Wildman–Crippen MR) is 56.6 cm³/mol. The lowest BCUT2D eigenvalue weighted by atomic mass is 9.88. The Bertz CT molecular complexity index is 366.